The molecule has 1 amide bonds. The lowest BCUT2D eigenvalue weighted by atomic mass is 9.67. The molecule has 2 unspecified atom stereocenters. The molecule has 2 aromatic rings. The lowest BCUT2D eigenvalue weighted by Gasteiger charge is -2.45. The van der Waals surface area contributed by atoms with E-state index in [2.05, 4.69) is 5.32 Å². The molecule has 1 aromatic heterocycles. The average Bonchev–Trinajstić information content (AvgIpc) is 3.05. The van der Waals surface area contributed by atoms with E-state index in [0.717, 1.165) is 41.3 Å². The predicted molar refractivity (Wildman–Crippen MR) is 113 cm³/mol. The Morgan fingerprint density at radius 1 is 1.11 bits per heavy atom. The standard InChI is InChI=1S/C21H26N2O2S.ClH/c22-15-10-13-4-3-5-14(11-15)21(13)23-20(25)9-8-18(24)17-12-26-19-7-2-1-6-16(17)19;/h1-2,6-7,12-15,21H,3-5,8-11,22H2,(H,23,25);1H. The van der Waals surface area contributed by atoms with Gasteiger partial charge in [-0.1, -0.05) is 24.6 Å². The predicted octanol–water partition coefficient (Wildman–Crippen LogP) is 4.31. The molecule has 4 nitrogen and oxygen atoms in total. The Kier molecular flexibility index (Phi) is 6.56. The zero-order valence-corrected chi connectivity index (χ0v) is 17.0. The molecule has 0 saturated heterocycles. The van der Waals surface area contributed by atoms with Gasteiger partial charge in [-0.05, 0) is 43.6 Å². The van der Waals surface area contributed by atoms with Crippen LogP contribution < -0.4 is 11.1 Å². The summed E-state index contributed by atoms with van der Waals surface area (Å²) in [4.78, 5) is 25.0. The van der Waals surface area contributed by atoms with Crippen LogP contribution >= 0.6 is 23.7 Å². The number of nitrogens with one attached hydrogen (secondary N) is 1. The van der Waals surface area contributed by atoms with Crippen LogP contribution in [0.1, 0.15) is 55.3 Å². The highest BCUT2D eigenvalue weighted by atomic mass is 35.5. The summed E-state index contributed by atoms with van der Waals surface area (Å²) in [6.07, 6.45) is 6.14. The fourth-order valence-corrected chi connectivity index (χ4v) is 5.80. The molecule has 1 aromatic carbocycles. The second-order valence-corrected chi connectivity index (χ2v) is 8.76. The average molecular weight is 407 g/mol. The monoisotopic (exact) mass is 406 g/mol. The highest BCUT2D eigenvalue weighted by molar-refractivity contribution is 7.17. The SMILES string of the molecule is Cl.NC1CC2CCCC(C1)C2NC(=O)CCC(=O)c1csc2ccccc12. The molecule has 3 N–H and O–H groups in total. The maximum atomic E-state index is 12.6. The van der Waals surface area contributed by atoms with Crippen molar-refractivity contribution in [2.45, 2.75) is 57.0 Å². The summed E-state index contributed by atoms with van der Waals surface area (Å²) in [5.74, 6) is 1.09. The summed E-state index contributed by atoms with van der Waals surface area (Å²) in [7, 11) is 0. The lowest BCUT2D eigenvalue weighted by Crippen LogP contribution is -2.53. The third-order valence-electron chi connectivity index (χ3n) is 6.06. The van der Waals surface area contributed by atoms with Gasteiger partial charge in [-0.3, -0.25) is 9.59 Å². The van der Waals surface area contributed by atoms with Crippen LogP contribution in [0.4, 0.5) is 0 Å². The quantitative estimate of drug-likeness (QED) is 0.726. The number of ketones is 1. The maximum absolute atomic E-state index is 12.6. The number of rotatable bonds is 5. The fourth-order valence-electron chi connectivity index (χ4n) is 4.84. The van der Waals surface area contributed by atoms with Gasteiger partial charge in [0.15, 0.2) is 5.78 Å². The fraction of sp³-hybridized carbons (Fsp3) is 0.524. The smallest absolute Gasteiger partial charge is 0.220 e. The van der Waals surface area contributed by atoms with Gasteiger partial charge in [0, 0.05) is 46.0 Å². The first-order valence-corrected chi connectivity index (χ1v) is 10.5. The number of nitrogens with two attached hydrogens (primary N) is 1. The number of fused-ring (bicyclic) bond motifs is 3. The van der Waals surface area contributed by atoms with Gasteiger partial charge in [-0.25, -0.2) is 0 Å². The molecule has 4 rings (SSSR count). The molecular weight excluding hydrogens is 380 g/mol. The lowest BCUT2D eigenvalue weighted by molar-refractivity contribution is -0.123. The minimum absolute atomic E-state index is 0. The van der Waals surface area contributed by atoms with Crippen molar-refractivity contribution in [2.24, 2.45) is 17.6 Å². The van der Waals surface area contributed by atoms with Crippen molar-refractivity contribution < 1.29 is 9.59 Å². The van der Waals surface area contributed by atoms with Gasteiger partial charge in [-0.15, -0.1) is 23.7 Å². The van der Waals surface area contributed by atoms with E-state index in [1.165, 1.54) is 6.42 Å². The Bertz CT molecular complexity index is 807. The van der Waals surface area contributed by atoms with Gasteiger partial charge in [-0.2, -0.15) is 0 Å². The van der Waals surface area contributed by atoms with E-state index in [1.54, 1.807) is 11.3 Å². The van der Waals surface area contributed by atoms with Crippen molar-refractivity contribution in [1.82, 2.24) is 5.32 Å². The Balaban J connectivity index is 0.00000210. The first-order valence-electron chi connectivity index (χ1n) is 9.66. The third kappa shape index (κ3) is 4.36. The molecule has 0 aliphatic heterocycles. The van der Waals surface area contributed by atoms with Gasteiger partial charge >= 0.3 is 0 Å². The van der Waals surface area contributed by atoms with Crippen molar-refractivity contribution in [3.8, 4) is 0 Å². The number of hydrogen-bond donors (Lipinski definition) is 2. The van der Waals surface area contributed by atoms with Gasteiger partial charge in [0.05, 0.1) is 0 Å². The van der Waals surface area contributed by atoms with Crippen molar-refractivity contribution in [3.63, 3.8) is 0 Å². The molecule has 0 spiro atoms. The summed E-state index contributed by atoms with van der Waals surface area (Å²) in [6, 6.07) is 8.47. The second-order valence-electron chi connectivity index (χ2n) is 7.84. The number of hydrogen-bond acceptors (Lipinski definition) is 4. The number of amides is 1. The summed E-state index contributed by atoms with van der Waals surface area (Å²) in [6.45, 7) is 0. The largest absolute Gasteiger partial charge is 0.353 e. The zero-order valence-electron chi connectivity index (χ0n) is 15.4. The minimum Gasteiger partial charge on any atom is -0.353 e. The van der Waals surface area contributed by atoms with Crippen LogP contribution in [0.5, 0.6) is 0 Å². The van der Waals surface area contributed by atoms with E-state index >= 15 is 0 Å². The number of carbonyl (C=O) groups is 2. The van der Waals surface area contributed by atoms with E-state index in [9.17, 15) is 9.59 Å². The van der Waals surface area contributed by atoms with E-state index in [-0.39, 0.29) is 49.0 Å². The van der Waals surface area contributed by atoms with Crippen LogP contribution in [0.3, 0.4) is 0 Å². The zero-order chi connectivity index (χ0) is 18.1. The Morgan fingerprint density at radius 2 is 1.81 bits per heavy atom. The molecule has 27 heavy (non-hydrogen) atoms. The molecule has 6 heteroatoms. The summed E-state index contributed by atoms with van der Waals surface area (Å²) in [5, 5.41) is 6.15. The molecule has 2 fully saturated rings. The number of benzene rings is 1. The maximum Gasteiger partial charge on any atom is 0.220 e. The van der Waals surface area contributed by atoms with E-state index < -0.39 is 0 Å². The Hall–Kier alpha value is -1.43. The third-order valence-corrected chi connectivity index (χ3v) is 7.03. The van der Waals surface area contributed by atoms with Gasteiger partial charge in [0.1, 0.15) is 0 Å². The van der Waals surface area contributed by atoms with Crippen LogP contribution in [0.15, 0.2) is 29.6 Å². The summed E-state index contributed by atoms with van der Waals surface area (Å²) >= 11 is 1.58. The van der Waals surface area contributed by atoms with Crippen LogP contribution in [0.25, 0.3) is 10.1 Å². The number of thiophene rings is 1. The van der Waals surface area contributed by atoms with Crippen molar-refractivity contribution in [2.75, 3.05) is 0 Å². The van der Waals surface area contributed by atoms with Crippen LogP contribution in [0, 0.1) is 11.8 Å². The van der Waals surface area contributed by atoms with E-state index in [0.29, 0.717) is 11.8 Å². The normalized spacial score (nSPS) is 27.0. The first kappa shape index (κ1) is 20.3. The number of carbonyl (C=O) groups excluding carboxylic acids is 2. The molecule has 2 saturated carbocycles. The van der Waals surface area contributed by atoms with Gasteiger partial charge in [0.2, 0.25) is 5.91 Å². The van der Waals surface area contributed by atoms with Crippen molar-refractivity contribution in [3.05, 3.63) is 35.2 Å². The molecular formula is C21H27ClN2O2S. The highest BCUT2D eigenvalue weighted by Crippen LogP contribution is 2.39. The molecule has 0 radical (unpaired) electrons. The second kappa shape index (κ2) is 8.72. The summed E-state index contributed by atoms with van der Waals surface area (Å²) < 4.78 is 1.12. The summed E-state index contributed by atoms with van der Waals surface area (Å²) in [5.41, 5.74) is 6.91. The van der Waals surface area contributed by atoms with Crippen molar-refractivity contribution in [1.29, 1.82) is 0 Å². The minimum atomic E-state index is 0. The Labute approximate surface area is 170 Å². The molecule has 2 bridgehead atoms. The molecule has 146 valence electrons. The number of Topliss-reactive ketones (excluding diaryl/α,β-unsaturated/α-hetero) is 1. The highest BCUT2D eigenvalue weighted by Gasteiger charge is 2.39. The van der Waals surface area contributed by atoms with Crippen LogP contribution in [-0.2, 0) is 4.79 Å². The van der Waals surface area contributed by atoms with E-state index in [4.69, 9.17) is 5.73 Å². The van der Waals surface area contributed by atoms with Crippen LogP contribution in [-0.4, -0.2) is 23.8 Å². The Morgan fingerprint density at radius 3 is 2.56 bits per heavy atom. The van der Waals surface area contributed by atoms with Gasteiger partial charge in [0.25, 0.3) is 0 Å². The van der Waals surface area contributed by atoms with Gasteiger partial charge < -0.3 is 11.1 Å². The molecule has 2 aliphatic carbocycles. The van der Waals surface area contributed by atoms with Crippen molar-refractivity contribution >= 4 is 45.5 Å². The van der Waals surface area contributed by atoms with Crippen LogP contribution in [0.2, 0.25) is 0 Å². The first-order chi connectivity index (χ1) is 12.6. The van der Waals surface area contributed by atoms with E-state index in [1.807, 2.05) is 29.6 Å². The molecule has 2 atom stereocenters. The number of halogens is 1. The topological polar surface area (TPSA) is 72.2 Å². The molecule has 2 aliphatic rings. The molecule has 1 heterocycles.